The SMILES string of the molecule is CC(CC1COCCN1)Nc1ccc(N(C)C)c(Cl)c1. The van der Waals surface area contributed by atoms with Crippen LogP contribution in [0.4, 0.5) is 11.4 Å². The molecule has 112 valence electrons. The molecule has 1 aliphatic heterocycles. The van der Waals surface area contributed by atoms with E-state index in [0.717, 1.165) is 42.6 Å². The van der Waals surface area contributed by atoms with E-state index >= 15 is 0 Å². The fraction of sp³-hybridized carbons (Fsp3) is 0.600. The molecule has 1 aliphatic rings. The van der Waals surface area contributed by atoms with E-state index in [1.807, 2.05) is 31.1 Å². The lowest BCUT2D eigenvalue weighted by Crippen LogP contribution is -2.43. The molecule has 4 nitrogen and oxygen atoms in total. The Bertz CT molecular complexity index is 433. The summed E-state index contributed by atoms with van der Waals surface area (Å²) in [5.74, 6) is 0. The molecule has 1 saturated heterocycles. The Morgan fingerprint density at radius 3 is 2.90 bits per heavy atom. The third-order valence-corrected chi connectivity index (χ3v) is 3.78. The highest BCUT2D eigenvalue weighted by Crippen LogP contribution is 2.27. The van der Waals surface area contributed by atoms with Crippen LogP contribution in [0.3, 0.4) is 0 Å². The van der Waals surface area contributed by atoms with Gasteiger partial charge < -0.3 is 20.3 Å². The van der Waals surface area contributed by atoms with E-state index in [9.17, 15) is 0 Å². The fourth-order valence-corrected chi connectivity index (χ4v) is 2.85. The van der Waals surface area contributed by atoms with E-state index < -0.39 is 0 Å². The standard InChI is InChI=1S/C15H24ClN3O/c1-11(8-13-10-20-7-6-17-13)18-12-4-5-15(19(2)3)14(16)9-12/h4-5,9,11,13,17-18H,6-8,10H2,1-3H3. The lowest BCUT2D eigenvalue weighted by atomic mass is 10.1. The summed E-state index contributed by atoms with van der Waals surface area (Å²) in [6.45, 7) is 4.75. The highest BCUT2D eigenvalue weighted by atomic mass is 35.5. The number of ether oxygens (including phenoxy) is 1. The molecule has 0 bridgehead atoms. The summed E-state index contributed by atoms with van der Waals surface area (Å²) >= 11 is 6.29. The summed E-state index contributed by atoms with van der Waals surface area (Å²) in [4.78, 5) is 2.01. The Hall–Kier alpha value is -0.970. The van der Waals surface area contributed by atoms with Crippen molar-refractivity contribution in [1.82, 2.24) is 5.32 Å². The first-order valence-electron chi connectivity index (χ1n) is 7.11. The van der Waals surface area contributed by atoms with Gasteiger partial charge in [0.05, 0.1) is 23.9 Å². The summed E-state index contributed by atoms with van der Waals surface area (Å²) in [7, 11) is 3.98. The number of anilines is 2. The molecular formula is C15H24ClN3O. The van der Waals surface area contributed by atoms with E-state index in [4.69, 9.17) is 16.3 Å². The van der Waals surface area contributed by atoms with Crippen LogP contribution >= 0.6 is 11.6 Å². The maximum atomic E-state index is 6.29. The van der Waals surface area contributed by atoms with Crippen molar-refractivity contribution in [2.24, 2.45) is 0 Å². The minimum Gasteiger partial charge on any atom is -0.382 e. The summed E-state index contributed by atoms with van der Waals surface area (Å²) in [5.41, 5.74) is 2.09. The topological polar surface area (TPSA) is 36.5 Å². The van der Waals surface area contributed by atoms with E-state index in [2.05, 4.69) is 23.6 Å². The van der Waals surface area contributed by atoms with Crippen molar-refractivity contribution in [2.45, 2.75) is 25.4 Å². The number of rotatable bonds is 5. The Kier molecular flexibility index (Phi) is 5.52. The lowest BCUT2D eigenvalue weighted by Gasteiger charge is -2.27. The second kappa shape index (κ2) is 7.16. The Balaban J connectivity index is 1.90. The Morgan fingerprint density at radius 2 is 2.30 bits per heavy atom. The average molecular weight is 298 g/mol. The Labute approximate surface area is 126 Å². The lowest BCUT2D eigenvalue weighted by molar-refractivity contribution is 0.0731. The van der Waals surface area contributed by atoms with Gasteiger partial charge in [-0.3, -0.25) is 0 Å². The molecule has 0 radical (unpaired) electrons. The normalized spacial score (nSPS) is 20.5. The van der Waals surface area contributed by atoms with Crippen molar-refractivity contribution < 1.29 is 4.74 Å². The van der Waals surface area contributed by atoms with Gasteiger partial charge in [-0.05, 0) is 31.5 Å². The number of benzene rings is 1. The van der Waals surface area contributed by atoms with Gasteiger partial charge in [0.1, 0.15) is 0 Å². The van der Waals surface area contributed by atoms with Crippen LogP contribution < -0.4 is 15.5 Å². The van der Waals surface area contributed by atoms with Crippen LogP contribution in [0.1, 0.15) is 13.3 Å². The molecule has 0 aliphatic carbocycles. The highest BCUT2D eigenvalue weighted by molar-refractivity contribution is 6.33. The number of morpholine rings is 1. The zero-order valence-electron chi connectivity index (χ0n) is 12.4. The molecule has 2 rings (SSSR count). The van der Waals surface area contributed by atoms with Crippen molar-refractivity contribution in [3.63, 3.8) is 0 Å². The summed E-state index contributed by atoms with van der Waals surface area (Å²) < 4.78 is 5.48. The van der Waals surface area contributed by atoms with Crippen molar-refractivity contribution in [2.75, 3.05) is 44.1 Å². The predicted octanol–water partition coefficient (Wildman–Crippen LogP) is 2.58. The quantitative estimate of drug-likeness (QED) is 0.876. The molecule has 0 aromatic heterocycles. The molecule has 0 amide bonds. The van der Waals surface area contributed by atoms with Crippen LogP contribution in [0.2, 0.25) is 5.02 Å². The molecule has 2 unspecified atom stereocenters. The predicted molar refractivity (Wildman–Crippen MR) is 86.1 cm³/mol. The molecule has 2 N–H and O–H groups in total. The molecule has 1 aromatic carbocycles. The smallest absolute Gasteiger partial charge is 0.0659 e. The first-order valence-corrected chi connectivity index (χ1v) is 7.48. The minimum atomic E-state index is 0.371. The summed E-state index contributed by atoms with van der Waals surface area (Å²) in [5, 5.41) is 7.74. The van der Waals surface area contributed by atoms with Crippen molar-refractivity contribution in [3.05, 3.63) is 23.2 Å². The maximum absolute atomic E-state index is 6.29. The third-order valence-electron chi connectivity index (χ3n) is 3.48. The monoisotopic (exact) mass is 297 g/mol. The van der Waals surface area contributed by atoms with Gasteiger partial charge in [0.15, 0.2) is 0 Å². The van der Waals surface area contributed by atoms with Crippen LogP contribution in [0.15, 0.2) is 18.2 Å². The van der Waals surface area contributed by atoms with E-state index in [-0.39, 0.29) is 0 Å². The van der Waals surface area contributed by atoms with Crippen LogP contribution in [-0.4, -0.2) is 45.9 Å². The first-order chi connectivity index (χ1) is 9.56. The van der Waals surface area contributed by atoms with Gasteiger partial charge in [-0.1, -0.05) is 11.6 Å². The molecule has 1 aromatic rings. The molecule has 1 fully saturated rings. The third kappa shape index (κ3) is 4.27. The van der Waals surface area contributed by atoms with Crippen molar-refractivity contribution in [1.29, 1.82) is 0 Å². The molecular weight excluding hydrogens is 274 g/mol. The second-order valence-corrected chi connectivity index (χ2v) is 5.97. The number of nitrogens with one attached hydrogen (secondary N) is 2. The van der Waals surface area contributed by atoms with E-state index in [1.165, 1.54) is 0 Å². The second-order valence-electron chi connectivity index (χ2n) is 5.57. The van der Waals surface area contributed by atoms with Gasteiger partial charge in [0.2, 0.25) is 0 Å². The van der Waals surface area contributed by atoms with Gasteiger partial charge in [-0.25, -0.2) is 0 Å². The van der Waals surface area contributed by atoms with Crippen LogP contribution in [0.25, 0.3) is 0 Å². The summed E-state index contributed by atoms with van der Waals surface area (Å²) in [6.07, 6.45) is 1.03. The number of hydrogen-bond donors (Lipinski definition) is 2. The molecule has 1 heterocycles. The zero-order chi connectivity index (χ0) is 14.5. The van der Waals surface area contributed by atoms with Gasteiger partial charge in [0, 0.05) is 38.4 Å². The van der Waals surface area contributed by atoms with Crippen LogP contribution in [-0.2, 0) is 4.74 Å². The van der Waals surface area contributed by atoms with Gasteiger partial charge in [0.25, 0.3) is 0 Å². The molecule has 2 atom stereocenters. The van der Waals surface area contributed by atoms with Crippen molar-refractivity contribution in [3.8, 4) is 0 Å². The Morgan fingerprint density at radius 1 is 1.50 bits per heavy atom. The van der Waals surface area contributed by atoms with Crippen LogP contribution in [0.5, 0.6) is 0 Å². The highest BCUT2D eigenvalue weighted by Gasteiger charge is 2.16. The molecule has 0 spiro atoms. The van der Waals surface area contributed by atoms with Gasteiger partial charge in [-0.15, -0.1) is 0 Å². The molecule has 0 saturated carbocycles. The van der Waals surface area contributed by atoms with Gasteiger partial charge in [-0.2, -0.15) is 0 Å². The minimum absolute atomic E-state index is 0.371. The van der Waals surface area contributed by atoms with E-state index in [0.29, 0.717) is 12.1 Å². The molecule has 20 heavy (non-hydrogen) atoms. The maximum Gasteiger partial charge on any atom is 0.0659 e. The van der Waals surface area contributed by atoms with Crippen molar-refractivity contribution >= 4 is 23.0 Å². The molecule has 5 heteroatoms. The largest absolute Gasteiger partial charge is 0.382 e. The first kappa shape index (κ1) is 15.4. The van der Waals surface area contributed by atoms with E-state index in [1.54, 1.807) is 0 Å². The average Bonchev–Trinajstić information content (AvgIpc) is 2.39. The zero-order valence-corrected chi connectivity index (χ0v) is 13.2. The van der Waals surface area contributed by atoms with Crippen LogP contribution in [0, 0.1) is 0 Å². The number of halogens is 1. The number of nitrogens with zero attached hydrogens (tertiary/aromatic N) is 1. The fourth-order valence-electron chi connectivity index (χ4n) is 2.50. The van der Waals surface area contributed by atoms with Gasteiger partial charge >= 0.3 is 0 Å². The summed E-state index contributed by atoms with van der Waals surface area (Å²) in [6, 6.07) is 6.90. The number of hydrogen-bond acceptors (Lipinski definition) is 4.